The number of anilines is 1. The number of amides is 1. The lowest BCUT2D eigenvalue weighted by atomic mass is 10.2. The van der Waals surface area contributed by atoms with E-state index in [0.717, 1.165) is 0 Å². The number of methoxy groups -OCH3 is 1. The maximum atomic E-state index is 12.5. The SMILES string of the molecule is CCOc1cccc(C(=O)NC(=S)Nc2ccc3nn(-c4ccc(OC)c(Cl)c4)nc3c2)c1. The molecule has 4 aromatic rings. The van der Waals surface area contributed by atoms with E-state index in [1.54, 1.807) is 55.6 Å². The third-order valence-corrected chi connectivity index (χ3v) is 5.14. The summed E-state index contributed by atoms with van der Waals surface area (Å²) in [6, 6.07) is 17.6. The number of carbonyl (C=O) groups excluding carboxylic acids is 1. The molecule has 2 N–H and O–H groups in total. The van der Waals surface area contributed by atoms with Crippen molar-refractivity contribution in [3.63, 3.8) is 0 Å². The van der Waals surface area contributed by atoms with Gasteiger partial charge in [0.1, 0.15) is 22.5 Å². The van der Waals surface area contributed by atoms with E-state index in [-0.39, 0.29) is 11.0 Å². The van der Waals surface area contributed by atoms with Crippen molar-refractivity contribution < 1.29 is 14.3 Å². The lowest BCUT2D eigenvalue weighted by molar-refractivity contribution is 0.0977. The predicted molar refractivity (Wildman–Crippen MR) is 132 cm³/mol. The fourth-order valence-electron chi connectivity index (χ4n) is 3.12. The zero-order valence-corrected chi connectivity index (χ0v) is 19.4. The Balaban J connectivity index is 1.46. The lowest BCUT2D eigenvalue weighted by Crippen LogP contribution is -2.34. The molecule has 0 spiro atoms. The number of carbonyl (C=O) groups is 1. The molecule has 1 heterocycles. The molecule has 1 aromatic heterocycles. The summed E-state index contributed by atoms with van der Waals surface area (Å²) in [6.45, 7) is 2.40. The minimum atomic E-state index is -0.336. The molecular weight excluding hydrogens is 462 g/mol. The molecule has 0 saturated heterocycles. The quantitative estimate of drug-likeness (QED) is 0.389. The number of nitrogens with one attached hydrogen (secondary N) is 2. The summed E-state index contributed by atoms with van der Waals surface area (Å²) in [7, 11) is 1.56. The van der Waals surface area contributed by atoms with Crippen LogP contribution in [0.1, 0.15) is 17.3 Å². The molecule has 0 bridgehead atoms. The number of fused-ring (bicyclic) bond motifs is 1. The zero-order chi connectivity index (χ0) is 23.4. The van der Waals surface area contributed by atoms with Crippen molar-refractivity contribution >= 4 is 51.6 Å². The van der Waals surface area contributed by atoms with Gasteiger partial charge in [0, 0.05) is 11.3 Å². The van der Waals surface area contributed by atoms with Crippen LogP contribution in [0.4, 0.5) is 5.69 Å². The first-order valence-electron chi connectivity index (χ1n) is 10.0. The van der Waals surface area contributed by atoms with Crippen molar-refractivity contribution in [1.82, 2.24) is 20.3 Å². The van der Waals surface area contributed by atoms with Gasteiger partial charge in [0.2, 0.25) is 0 Å². The van der Waals surface area contributed by atoms with Gasteiger partial charge in [-0.2, -0.15) is 4.80 Å². The lowest BCUT2D eigenvalue weighted by Gasteiger charge is -2.10. The highest BCUT2D eigenvalue weighted by atomic mass is 35.5. The highest BCUT2D eigenvalue weighted by molar-refractivity contribution is 7.80. The number of thiocarbonyl (C=S) groups is 1. The normalized spacial score (nSPS) is 10.6. The van der Waals surface area contributed by atoms with Crippen molar-refractivity contribution in [1.29, 1.82) is 0 Å². The molecule has 0 unspecified atom stereocenters. The smallest absolute Gasteiger partial charge is 0.257 e. The van der Waals surface area contributed by atoms with Crippen LogP contribution in [0.25, 0.3) is 16.7 Å². The Labute approximate surface area is 200 Å². The van der Waals surface area contributed by atoms with Crippen molar-refractivity contribution in [2.75, 3.05) is 19.0 Å². The number of rotatable bonds is 6. The molecule has 0 aliphatic carbocycles. The highest BCUT2D eigenvalue weighted by Crippen LogP contribution is 2.27. The Hall–Kier alpha value is -3.69. The highest BCUT2D eigenvalue weighted by Gasteiger charge is 2.11. The first-order valence-corrected chi connectivity index (χ1v) is 10.8. The topological polar surface area (TPSA) is 90.3 Å². The minimum Gasteiger partial charge on any atom is -0.495 e. The van der Waals surface area contributed by atoms with E-state index in [0.29, 0.717) is 51.1 Å². The van der Waals surface area contributed by atoms with E-state index in [9.17, 15) is 4.79 Å². The maximum absolute atomic E-state index is 12.5. The van der Waals surface area contributed by atoms with E-state index in [1.807, 2.05) is 19.1 Å². The first-order chi connectivity index (χ1) is 16.0. The number of ether oxygens (including phenoxy) is 2. The molecular formula is C23H20ClN5O3S. The summed E-state index contributed by atoms with van der Waals surface area (Å²) < 4.78 is 10.6. The van der Waals surface area contributed by atoms with Gasteiger partial charge in [-0.15, -0.1) is 10.2 Å². The number of aromatic nitrogens is 3. The van der Waals surface area contributed by atoms with E-state index in [4.69, 9.17) is 33.3 Å². The fourth-order valence-corrected chi connectivity index (χ4v) is 3.58. The summed E-state index contributed by atoms with van der Waals surface area (Å²) in [5.41, 5.74) is 3.14. The average Bonchev–Trinajstić information content (AvgIpc) is 3.23. The zero-order valence-electron chi connectivity index (χ0n) is 17.8. The van der Waals surface area contributed by atoms with Gasteiger partial charge < -0.3 is 14.8 Å². The number of hydrogen-bond acceptors (Lipinski definition) is 6. The molecule has 0 radical (unpaired) electrons. The Morgan fingerprint density at radius 1 is 1.09 bits per heavy atom. The third-order valence-electron chi connectivity index (χ3n) is 4.64. The van der Waals surface area contributed by atoms with E-state index < -0.39 is 0 Å². The molecule has 0 saturated carbocycles. The molecule has 1 amide bonds. The van der Waals surface area contributed by atoms with Gasteiger partial charge in [-0.05, 0) is 73.7 Å². The van der Waals surface area contributed by atoms with Crippen LogP contribution in [0.2, 0.25) is 5.02 Å². The first kappa shape index (κ1) is 22.5. The second kappa shape index (κ2) is 9.85. The summed E-state index contributed by atoms with van der Waals surface area (Å²) in [5, 5.41) is 15.3. The Morgan fingerprint density at radius 3 is 2.67 bits per heavy atom. The van der Waals surface area contributed by atoms with Crippen LogP contribution < -0.4 is 20.1 Å². The molecule has 10 heteroatoms. The summed E-state index contributed by atoms with van der Waals surface area (Å²) >= 11 is 11.5. The van der Waals surface area contributed by atoms with Crippen molar-refractivity contribution in [3.05, 3.63) is 71.2 Å². The standard InChI is InChI=1S/C23H20ClN5O3S/c1-3-32-17-6-4-5-14(11-17)22(30)26-23(33)25-15-7-9-19-20(12-15)28-29(27-19)16-8-10-21(31-2)18(24)13-16/h4-13H,3H2,1-2H3,(H2,25,26,30,33). The average molecular weight is 482 g/mol. The number of hydrogen-bond donors (Lipinski definition) is 2. The number of nitrogens with zero attached hydrogens (tertiary/aromatic N) is 3. The largest absolute Gasteiger partial charge is 0.495 e. The molecule has 0 atom stereocenters. The third kappa shape index (κ3) is 5.21. The second-order valence-corrected chi connectivity index (χ2v) is 7.70. The molecule has 8 nitrogen and oxygen atoms in total. The molecule has 33 heavy (non-hydrogen) atoms. The molecule has 0 fully saturated rings. The van der Waals surface area contributed by atoms with Gasteiger partial charge in [-0.25, -0.2) is 0 Å². The summed E-state index contributed by atoms with van der Waals surface area (Å²) in [6.07, 6.45) is 0. The second-order valence-electron chi connectivity index (χ2n) is 6.88. The number of benzene rings is 3. The van der Waals surface area contributed by atoms with Crippen LogP contribution in [0.15, 0.2) is 60.7 Å². The van der Waals surface area contributed by atoms with E-state index in [2.05, 4.69) is 20.8 Å². The Bertz CT molecular complexity index is 1340. The minimum absolute atomic E-state index is 0.162. The Kier molecular flexibility index (Phi) is 6.71. The van der Waals surface area contributed by atoms with Crippen LogP contribution in [-0.2, 0) is 0 Å². The van der Waals surface area contributed by atoms with Gasteiger partial charge in [0.25, 0.3) is 5.91 Å². The summed E-state index contributed by atoms with van der Waals surface area (Å²) in [4.78, 5) is 14.0. The number of halogens is 1. The molecule has 168 valence electrons. The maximum Gasteiger partial charge on any atom is 0.257 e. The van der Waals surface area contributed by atoms with Crippen molar-refractivity contribution in [2.45, 2.75) is 6.92 Å². The van der Waals surface area contributed by atoms with Crippen molar-refractivity contribution in [3.8, 4) is 17.2 Å². The van der Waals surface area contributed by atoms with Crippen LogP contribution in [-0.4, -0.2) is 39.7 Å². The van der Waals surface area contributed by atoms with Gasteiger partial charge >= 0.3 is 0 Å². The van der Waals surface area contributed by atoms with Crippen LogP contribution in [0.3, 0.4) is 0 Å². The fraction of sp³-hybridized carbons (Fsp3) is 0.130. The summed E-state index contributed by atoms with van der Waals surface area (Å²) in [5.74, 6) is 0.858. The van der Waals surface area contributed by atoms with Gasteiger partial charge in [0.05, 0.1) is 24.4 Å². The Morgan fingerprint density at radius 2 is 1.91 bits per heavy atom. The van der Waals surface area contributed by atoms with Gasteiger partial charge in [0.15, 0.2) is 5.11 Å². The molecule has 0 aliphatic heterocycles. The molecule has 3 aromatic carbocycles. The monoisotopic (exact) mass is 481 g/mol. The predicted octanol–water partition coefficient (Wildman–Crippen LogP) is 4.61. The van der Waals surface area contributed by atoms with E-state index >= 15 is 0 Å². The van der Waals surface area contributed by atoms with E-state index in [1.165, 1.54) is 4.80 Å². The van der Waals surface area contributed by atoms with Crippen LogP contribution >= 0.6 is 23.8 Å². The van der Waals surface area contributed by atoms with Gasteiger partial charge in [-0.1, -0.05) is 17.7 Å². The van der Waals surface area contributed by atoms with Crippen molar-refractivity contribution in [2.24, 2.45) is 0 Å². The van der Waals surface area contributed by atoms with Crippen LogP contribution in [0.5, 0.6) is 11.5 Å². The van der Waals surface area contributed by atoms with Gasteiger partial charge in [-0.3, -0.25) is 10.1 Å². The molecule has 4 rings (SSSR count). The van der Waals surface area contributed by atoms with Crippen LogP contribution in [0, 0.1) is 0 Å². The molecule has 0 aliphatic rings.